The van der Waals surface area contributed by atoms with Gasteiger partial charge in [0.15, 0.2) is 0 Å². The number of aromatic nitrogens is 1. The van der Waals surface area contributed by atoms with Crippen LogP contribution in [0.5, 0.6) is 0 Å². The molecule has 0 radical (unpaired) electrons. The van der Waals surface area contributed by atoms with Crippen LogP contribution in [0.15, 0.2) is 30.3 Å². The number of nitrogens with zero attached hydrogens (tertiary/aromatic N) is 1. The van der Waals surface area contributed by atoms with Crippen LogP contribution >= 0.6 is 24.8 Å². The predicted molar refractivity (Wildman–Crippen MR) is 137 cm³/mol. The smallest absolute Gasteiger partial charge is 0.225 e. The third kappa shape index (κ3) is 5.09. The maximum atomic E-state index is 12.9. The van der Waals surface area contributed by atoms with Gasteiger partial charge in [-0.2, -0.15) is 0 Å². The first-order chi connectivity index (χ1) is 15.1. The van der Waals surface area contributed by atoms with E-state index in [0.29, 0.717) is 6.54 Å². The standard InChI is InChI=1S/C25H34N4O2.2ClH/c26-24(31)23(25-13-16-10-17(14-25)12-18(11-16)15-25)20-2-1-3-21-19(20)4-5-22(29-21)28-7-6-27-8-9-30;;/h1-5,16-18,23,27,30H,6-15H2,(H2,26,31)(H,28,29);2*1H. The van der Waals surface area contributed by atoms with Crippen molar-refractivity contribution in [2.45, 2.75) is 44.4 Å². The molecule has 0 spiro atoms. The number of primary amides is 1. The fraction of sp³-hybridized carbons (Fsp3) is 0.600. The first-order valence-corrected chi connectivity index (χ1v) is 11.8. The number of fused-ring (bicyclic) bond motifs is 1. The van der Waals surface area contributed by atoms with Crippen molar-refractivity contribution in [3.05, 3.63) is 35.9 Å². The number of amides is 1. The molecule has 1 aromatic heterocycles. The van der Waals surface area contributed by atoms with E-state index in [1.54, 1.807) is 0 Å². The molecule has 6 rings (SSSR count). The predicted octanol–water partition coefficient (Wildman–Crippen LogP) is 3.86. The molecule has 4 saturated carbocycles. The summed E-state index contributed by atoms with van der Waals surface area (Å²) in [6.07, 6.45) is 7.50. The van der Waals surface area contributed by atoms with Gasteiger partial charge in [0.1, 0.15) is 5.82 Å². The molecule has 1 heterocycles. The summed E-state index contributed by atoms with van der Waals surface area (Å²) in [6.45, 7) is 2.22. The van der Waals surface area contributed by atoms with Gasteiger partial charge in [0.25, 0.3) is 0 Å². The molecule has 2 aromatic rings. The summed E-state index contributed by atoms with van der Waals surface area (Å²) < 4.78 is 0. The molecule has 4 aliphatic carbocycles. The number of aliphatic hydroxyl groups excluding tert-OH is 1. The molecule has 4 aliphatic rings. The van der Waals surface area contributed by atoms with E-state index in [-0.39, 0.29) is 48.7 Å². The number of rotatable bonds is 9. The molecule has 8 heteroatoms. The Bertz CT molecular complexity index is 935. The van der Waals surface area contributed by atoms with Crippen LogP contribution in [0.25, 0.3) is 10.9 Å². The zero-order chi connectivity index (χ0) is 21.4. The zero-order valence-electron chi connectivity index (χ0n) is 19.0. The van der Waals surface area contributed by atoms with Crippen molar-refractivity contribution in [3.8, 4) is 0 Å². The first kappa shape index (κ1) is 26.0. The number of anilines is 1. The molecule has 6 nitrogen and oxygen atoms in total. The summed E-state index contributed by atoms with van der Waals surface area (Å²) in [5.41, 5.74) is 8.12. The van der Waals surface area contributed by atoms with Crippen LogP contribution in [0.4, 0.5) is 5.82 Å². The number of aliphatic hydroxyl groups is 1. The van der Waals surface area contributed by atoms with Crippen molar-refractivity contribution < 1.29 is 9.90 Å². The van der Waals surface area contributed by atoms with E-state index in [4.69, 9.17) is 15.8 Å². The second kappa shape index (κ2) is 10.8. The maximum Gasteiger partial charge on any atom is 0.225 e. The lowest BCUT2D eigenvalue weighted by atomic mass is 9.45. The number of halogens is 2. The Labute approximate surface area is 208 Å². The number of hydrogen-bond acceptors (Lipinski definition) is 5. The highest BCUT2D eigenvalue weighted by Crippen LogP contribution is 2.64. The van der Waals surface area contributed by atoms with Crippen molar-refractivity contribution in [1.29, 1.82) is 0 Å². The van der Waals surface area contributed by atoms with E-state index in [1.165, 1.54) is 19.3 Å². The summed E-state index contributed by atoms with van der Waals surface area (Å²) in [5, 5.41) is 16.4. The second-order valence-corrected chi connectivity index (χ2v) is 10.1. The Morgan fingerprint density at radius 2 is 1.70 bits per heavy atom. The Kier molecular flexibility index (Phi) is 8.49. The summed E-state index contributed by atoms with van der Waals surface area (Å²) in [7, 11) is 0. The second-order valence-electron chi connectivity index (χ2n) is 10.1. The highest BCUT2D eigenvalue weighted by molar-refractivity contribution is 5.92. The first-order valence-electron chi connectivity index (χ1n) is 11.8. The van der Waals surface area contributed by atoms with Crippen LogP contribution in [0.1, 0.15) is 50.0 Å². The van der Waals surface area contributed by atoms with Gasteiger partial charge in [0.2, 0.25) is 5.91 Å². The van der Waals surface area contributed by atoms with Crippen LogP contribution in [-0.2, 0) is 4.79 Å². The van der Waals surface area contributed by atoms with E-state index in [9.17, 15) is 4.79 Å². The number of nitrogens with two attached hydrogens (primary N) is 1. The van der Waals surface area contributed by atoms with E-state index in [1.807, 2.05) is 18.2 Å². The van der Waals surface area contributed by atoms with Crippen LogP contribution in [-0.4, -0.2) is 42.2 Å². The average Bonchev–Trinajstić information content (AvgIpc) is 2.72. The summed E-state index contributed by atoms with van der Waals surface area (Å²) in [4.78, 5) is 17.7. The molecular weight excluding hydrogens is 459 g/mol. The van der Waals surface area contributed by atoms with E-state index < -0.39 is 0 Å². The minimum Gasteiger partial charge on any atom is -0.395 e. The van der Waals surface area contributed by atoms with Gasteiger partial charge in [-0.25, -0.2) is 4.98 Å². The third-order valence-corrected chi connectivity index (χ3v) is 7.96. The lowest BCUT2D eigenvalue weighted by molar-refractivity contribution is -0.130. The fourth-order valence-electron chi connectivity index (χ4n) is 7.33. The highest BCUT2D eigenvalue weighted by Gasteiger charge is 2.56. The normalized spacial score (nSPS) is 28.1. The Hall–Kier alpha value is -1.60. The Morgan fingerprint density at radius 1 is 1.03 bits per heavy atom. The molecule has 1 atom stereocenters. The van der Waals surface area contributed by atoms with Gasteiger partial charge in [0, 0.05) is 25.0 Å². The summed E-state index contributed by atoms with van der Waals surface area (Å²) >= 11 is 0. The molecule has 1 unspecified atom stereocenters. The molecule has 0 aliphatic heterocycles. The Balaban J connectivity index is 0.00000153. The minimum atomic E-state index is -0.229. The van der Waals surface area contributed by atoms with Gasteiger partial charge < -0.3 is 21.5 Å². The number of hydrogen-bond donors (Lipinski definition) is 4. The van der Waals surface area contributed by atoms with Gasteiger partial charge in [-0.1, -0.05) is 12.1 Å². The minimum absolute atomic E-state index is 0. The van der Waals surface area contributed by atoms with Gasteiger partial charge in [0.05, 0.1) is 18.0 Å². The van der Waals surface area contributed by atoms with Gasteiger partial charge in [-0.15, -0.1) is 24.8 Å². The number of carbonyl (C=O) groups is 1. The average molecular weight is 495 g/mol. The summed E-state index contributed by atoms with van der Waals surface area (Å²) in [5.74, 6) is 2.74. The van der Waals surface area contributed by atoms with Gasteiger partial charge in [-0.3, -0.25) is 4.79 Å². The third-order valence-electron chi connectivity index (χ3n) is 7.96. The van der Waals surface area contributed by atoms with Crippen molar-refractivity contribution in [3.63, 3.8) is 0 Å². The van der Waals surface area contributed by atoms with Crippen molar-refractivity contribution in [2.24, 2.45) is 28.9 Å². The van der Waals surface area contributed by atoms with E-state index in [0.717, 1.165) is 72.4 Å². The number of benzene rings is 1. The lowest BCUT2D eigenvalue weighted by Crippen LogP contribution is -2.51. The molecule has 33 heavy (non-hydrogen) atoms. The van der Waals surface area contributed by atoms with Crippen LogP contribution in [0, 0.1) is 23.2 Å². The molecule has 4 fully saturated rings. The molecule has 182 valence electrons. The number of pyridine rings is 1. The van der Waals surface area contributed by atoms with Crippen molar-refractivity contribution in [2.75, 3.05) is 31.6 Å². The molecular formula is C25H36Cl2N4O2. The van der Waals surface area contributed by atoms with Crippen LogP contribution < -0.4 is 16.4 Å². The number of nitrogens with one attached hydrogen (secondary N) is 2. The van der Waals surface area contributed by atoms with Crippen molar-refractivity contribution in [1.82, 2.24) is 10.3 Å². The topological polar surface area (TPSA) is 100 Å². The molecule has 4 bridgehead atoms. The van der Waals surface area contributed by atoms with Crippen LogP contribution in [0.3, 0.4) is 0 Å². The van der Waals surface area contributed by atoms with Gasteiger partial charge in [-0.05, 0) is 85.5 Å². The highest BCUT2D eigenvalue weighted by atomic mass is 35.5. The molecule has 1 amide bonds. The van der Waals surface area contributed by atoms with E-state index in [2.05, 4.69) is 22.8 Å². The lowest BCUT2D eigenvalue weighted by Gasteiger charge is -2.59. The quantitative estimate of drug-likeness (QED) is 0.396. The fourth-order valence-corrected chi connectivity index (χ4v) is 7.33. The monoisotopic (exact) mass is 494 g/mol. The SMILES string of the molecule is Cl.Cl.NC(=O)C(c1cccc2nc(NCCNCCO)ccc12)C12CC3CC(CC(C3)C1)C2. The molecule has 5 N–H and O–H groups in total. The molecule has 1 aromatic carbocycles. The molecule has 0 saturated heterocycles. The van der Waals surface area contributed by atoms with Crippen LogP contribution in [0.2, 0.25) is 0 Å². The Morgan fingerprint density at radius 3 is 2.30 bits per heavy atom. The summed E-state index contributed by atoms with van der Waals surface area (Å²) in [6, 6.07) is 10.2. The maximum absolute atomic E-state index is 12.9. The van der Waals surface area contributed by atoms with Gasteiger partial charge >= 0.3 is 0 Å². The largest absolute Gasteiger partial charge is 0.395 e. The number of carbonyl (C=O) groups excluding carboxylic acids is 1. The van der Waals surface area contributed by atoms with Crippen molar-refractivity contribution >= 4 is 47.4 Å². The van der Waals surface area contributed by atoms with E-state index >= 15 is 0 Å². The zero-order valence-corrected chi connectivity index (χ0v) is 20.6.